The van der Waals surface area contributed by atoms with Crippen LogP contribution in [0.5, 0.6) is 0 Å². The summed E-state index contributed by atoms with van der Waals surface area (Å²) in [6.45, 7) is 6.38. The van der Waals surface area contributed by atoms with E-state index in [0.29, 0.717) is 28.1 Å². The van der Waals surface area contributed by atoms with Crippen molar-refractivity contribution in [3.05, 3.63) is 68.7 Å². The molecule has 9 heteroatoms. The molecular formula is C22H23Cl3N4O2. The summed E-state index contributed by atoms with van der Waals surface area (Å²) in [4.78, 5) is 16.8. The standard InChI is InChI=1S/C22H23Cl3N4O2/c1-15(30)29-22(17-6-4-8-19(24)21(17)25)31-20(26-29)14-28-11-9-27(10-12-28)13-16-5-2-3-7-18(16)23/h2-8,22H,9-14H2,1H3. The van der Waals surface area contributed by atoms with Gasteiger partial charge in [-0.1, -0.05) is 65.1 Å². The first-order chi connectivity index (χ1) is 14.9. The SMILES string of the molecule is CC(=O)N1N=C(CN2CCN(Cc3ccccc3Cl)CC2)OC1c1cccc(Cl)c1Cl. The first-order valence-corrected chi connectivity index (χ1v) is 11.2. The zero-order valence-electron chi connectivity index (χ0n) is 17.1. The number of amides is 1. The maximum Gasteiger partial charge on any atom is 0.243 e. The van der Waals surface area contributed by atoms with Crippen LogP contribution in [0.3, 0.4) is 0 Å². The largest absolute Gasteiger partial charge is 0.448 e. The highest BCUT2D eigenvalue weighted by Gasteiger charge is 2.35. The van der Waals surface area contributed by atoms with Gasteiger partial charge in [0.25, 0.3) is 0 Å². The van der Waals surface area contributed by atoms with Crippen LogP contribution in [0.4, 0.5) is 0 Å². The summed E-state index contributed by atoms with van der Waals surface area (Å²) in [6, 6.07) is 13.2. The molecule has 31 heavy (non-hydrogen) atoms. The van der Waals surface area contributed by atoms with E-state index in [1.807, 2.05) is 18.2 Å². The maximum absolute atomic E-state index is 12.1. The van der Waals surface area contributed by atoms with E-state index in [2.05, 4.69) is 21.0 Å². The lowest BCUT2D eigenvalue weighted by Gasteiger charge is -2.34. The van der Waals surface area contributed by atoms with Gasteiger partial charge in [-0.25, -0.2) is 0 Å². The van der Waals surface area contributed by atoms with Crippen LogP contribution in [0.15, 0.2) is 47.6 Å². The van der Waals surface area contributed by atoms with Gasteiger partial charge in [-0.2, -0.15) is 5.01 Å². The summed E-state index contributed by atoms with van der Waals surface area (Å²) in [5, 5.41) is 7.31. The first kappa shape index (κ1) is 22.4. The van der Waals surface area contributed by atoms with Crippen LogP contribution < -0.4 is 0 Å². The minimum absolute atomic E-state index is 0.222. The Morgan fingerprint density at radius 1 is 0.968 bits per heavy atom. The van der Waals surface area contributed by atoms with Crippen molar-refractivity contribution in [3.8, 4) is 0 Å². The summed E-state index contributed by atoms with van der Waals surface area (Å²) >= 11 is 18.8. The number of hydrogen-bond acceptors (Lipinski definition) is 5. The van der Waals surface area contributed by atoms with Crippen molar-refractivity contribution in [2.75, 3.05) is 32.7 Å². The molecular weight excluding hydrogens is 459 g/mol. The molecule has 1 saturated heterocycles. The van der Waals surface area contributed by atoms with E-state index in [1.165, 1.54) is 11.9 Å². The summed E-state index contributed by atoms with van der Waals surface area (Å²) in [5.41, 5.74) is 1.76. The van der Waals surface area contributed by atoms with E-state index in [9.17, 15) is 4.79 Å². The van der Waals surface area contributed by atoms with Gasteiger partial charge in [0.15, 0.2) is 0 Å². The molecule has 1 amide bonds. The van der Waals surface area contributed by atoms with Gasteiger partial charge in [0.1, 0.15) is 0 Å². The molecule has 2 aromatic carbocycles. The number of benzene rings is 2. The molecule has 0 aliphatic carbocycles. The molecule has 2 aliphatic heterocycles. The number of nitrogens with zero attached hydrogens (tertiary/aromatic N) is 4. The molecule has 0 N–H and O–H groups in total. The Labute approximate surface area is 196 Å². The molecule has 1 fully saturated rings. The molecule has 0 saturated carbocycles. The van der Waals surface area contributed by atoms with Gasteiger partial charge in [0, 0.05) is 50.2 Å². The van der Waals surface area contributed by atoms with Crippen molar-refractivity contribution < 1.29 is 9.53 Å². The average molecular weight is 482 g/mol. The molecule has 0 bridgehead atoms. The molecule has 2 aromatic rings. The lowest BCUT2D eigenvalue weighted by atomic mass is 10.2. The molecule has 0 aromatic heterocycles. The summed E-state index contributed by atoms with van der Waals surface area (Å²) in [6.07, 6.45) is -0.708. The van der Waals surface area contributed by atoms with Crippen LogP contribution in [0.2, 0.25) is 15.1 Å². The fraction of sp³-hybridized carbons (Fsp3) is 0.364. The van der Waals surface area contributed by atoms with Crippen LogP contribution in [-0.2, 0) is 16.1 Å². The Balaban J connectivity index is 1.36. The topological polar surface area (TPSA) is 48.4 Å². The molecule has 1 unspecified atom stereocenters. The van der Waals surface area contributed by atoms with Gasteiger partial charge in [-0.05, 0) is 17.7 Å². The zero-order chi connectivity index (χ0) is 22.0. The van der Waals surface area contributed by atoms with E-state index in [-0.39, 0.29) is 5.91 Å². The average Bonchev–Trinajstić information content (AvgIpc) is 3.17. The molecule has 1 atom stereocenters. The number of ether oxygens (including phenoxy) is 1. The van der Waals surface area contributed by atoms with Crippen LogP contribution >= 0.6 is 34.8 Å². The van der Waals surface area contributed by atoms with E-state index in [1.54, 1.807) is 18.2 Å². The van der Waals surface area contributed by atoms with Crippen LogP contribution in [-0.4, -0.2) is 59.3 Å². The number of hydrazone groups is 1. The number of carbonyl (C=O) groups excluding carboxylic acids is 1. The third-order valence-corrected chi connectivity index (χ3v) is 6.64. The summed E-state index contributed by atoms with van der Waals surface area (Å²) < 4.78 is 6.04. The quantitative estimate of drug-likeness (QED) is 0.623. The number of rotatable bonds is 5. The lowest BCUT2D eigenvalue weighted by molar-refractivity contribution is -0.135. The van der Waals surface area contributed by atoms with Crippen LogP contribution in [0.25, 0.3) is 0 Å². The number of piperazine rings is 1. The zero-order valence-corrected chi connectivity index (χ0v) is 19.4. The van der Waals surface area contributed by atoms with E-state index in [4.69, 9.17) is 39.5 Å². The third kappa shape index (κ3) is 5.16. The van der Waals surface area contributed by atoms with Crippen molar-refractivity contribution in [1.82, 2.24) is 14.8 Å². The minimum atomic E-state index is -0.708. The monoisotopic (exact) mass is 480 g/mol. The van der Waals surface area contributed by atoms with Crippen molar-refractivity contribution >= 4 is 46.6 Å². The van der Waals surface area contributed by atoms with Gasteiger partial charge >= 0.3 is 0 Å². The van der Waals surface area contributed by atoms with Gasteiger partial charge in [0.05, 0.1) is 16.6 Å². The second kappa shape index (κ2) is 9.76. The summed E-state index contributed by atoms with van der Waals surface area (Å²) in [5.74, 6) is 0.274. The molecule has 0 radical (unpaired) electrons. The lowest BCUT2D eigenvalue weighted by Crippen LogP contribution is -2.47. The summed E-state index contributed by atoms with van der Waals surface area (Å²) in [7, 11) is 0. The van der Waals surface area contributed by atoms with Gasteiger partial charge in [-0.15, -0.1) is 5.10 Å². The molecule has 2 aliphatic rings. The Hall–Kier alpha value is -1.83. The minimum Gasteiger partial charge on any atom is -0.448 e. The molecule has 0 spiro atoms. The highest BCUT2D eigenvalue weighted by molar-refractivity contribution is 6.42. The fourth-order valence-corrected chi connectivity index (χ4v) is 4.35. The molecule has 6 nitrogen and oxygen atoms in total. The number of carbonyl (C=O) groups is 1. The fourth-order valence-electron chi connectivity index (χ4n) is 3.75. The predicted molar refractivity (Wildman–Crippen MR) is 123 cm³/mol. The smallest absolute Gasteiger partial charge is 0.243 e. The van der Waals surface area contributed by atoms with E-state index in [0.717, 1.165) is 43.3 Å². The van der Waals surface area contributed by atoms with E-state index < -0.39 is 6.23 Å². The normalized spacial score (nSPS) is 19.9. The second-order valence-electron chi connectivity index (χ2n) is 7.61. The number of hydrogen-bond donors (Lipinski definition) is 0. The van der Waals surface area contributed by atoms with Crippen molar-refractivity contribution in [2.45, 2.75) is 19.7 Å². The van der Waals surface area contributed by atoms with Crippen molar-refractivity contribution in [2.24, 2.45) is 5.10 Å². The van der Waals surface area contributed by atoms with Crippen molar-refractivity contribution in [3.63, 3.8) is 0 Å². The highest BCUT2D eigenvalue weighted by atomic mass is 35.5. The Morgan fingerprint density at radius 3 is 2.29 bits per heavy atom. The molecule has 4 rings (SSSR count). The van der Waals surface area contributed by atoms with E-state index >= 15 is 0 Å². The van der Waals surface area contributed by atoms with Crippen LogP contribution in [0.1, 0.15) is 24.3 Å². The van der Waals surface area contributed by atoms with Crippen molar-refractivity contribution in [1.29, 1.82) is 0 Å². The molecule has 2 heterocycles. The van der Waals surface area contributed by atoms with Gasteiger partial charge in [-0.3, -0.25) is 14.6 Å². The van der Waals surface area contributed by atoms with Crippen LogP contribution in [0, 0.1) is 0 Å². The van der Waals surface area contributed by atoms with Gasteiger partial charge < -0.3 is 4.74 Å². The first-order valence-electron chi connectivity index (χ1n) is 10.1. The second-order valence-corrected chi connectivity index (χ2v) is 8.81. The van der Waals surface area contributed by atoms with Gasteiger partial charge in [0.2, 0.25) is 18.0 Å². The number of halogens is 3. The highest BCUT2D eigenvalue weighted by Crippen LogP contribution is 2.36. The Bertz CT molecular complexity index is 992. The Morgan fingerprint density at radius 2 is 1.61 bits per heavy atom. The molecule has 164 valence electrons. The predicted octanol–water partition coefficient (Wildman–Crippen LogP) is 4.66. The Kier molecular flexibility index (Phi) is 7.04. The third-order valence-electron chi connectivity index (χ3n) is 5.43. The maximum atomic E-state index is 12.1.